The molecule has 1 aliphatic heterocycles. The van der Waals surface area contributed by atoms with Crippen molar-refractivity contribution in [1.29, 1.82) is 0 Å². The smallest absolute Gasteiger partial charge is 0.216 e. The second-order valence-electron chi connectivity index (χ2n) is 13.3. The third kappa shape index (κ3) is 5.57. The largest absolute Gasteiger partial charge is 0.475 e. The molecule has 6 aromatic rings. The van der Waals surface area contributed by atoms with E-state index in [1.54, 1.807) is 6.20 Å². The first-order chi connectivity index (χ1) is 21.6. The van der Waals surface area contributed by atoms with Gasteiger partial charge in [-0.2, -0.15) is 0 Å². The Morgan fingerprint density at radius 1 is 0.822 bits per heavy atom. The molecule has 0 saturated carbocycles. The molecule has 45 heavy (non-hydrogen) atoms. The number of aliphatic imine (C=N–C) groups is 1. The van der Waals surface area contributed by atoms with Gasteiger partial charge in [-0.1, -0.05) is 52.3 Å². The summed E-state index contributed by atoms with van der Waals surface area (Å²) >= 11 is 0. The van der Waals surface area contributed by atoms with Crippen LogP contribution >= 0.6 is 0 Å². The van der Waals surface area contributed by atoms with Gasteiger partial charge in [0.2, 0.25) is 5.90 Å². The van der Waals surface area contributed by atoms with Gasteiger partial charge in [0.1, 0.15) is 23.8 Å². The predicted molar refractivity (Wildman–Crippen MR) is 183 cm³/mol. The van der Waals surface area contributed by atoms with Crippen LogP contribution in [0.5, 0.6) is 11.5 Å². The summed E-state index contributed by atoms with van der Waals surface area (Å²) in [5.74, 6) is 2.48. The molecule has 6 heteroatoms. The SMILES string of the molecule is Cc1ccc2c(c1)c1cccnc1n2-c1cc(Oc2cc(C3=N[C@H](C(C)C)CO3)cc(-c3ccccn3)c2)cc(C(C)(C)C)c1. The summed E-state index contributed by atoms with van der Waals surface area (Å²) in [6.45, 7) is 13.7. The number of fused-ring (bicyclic) bond motifs is 3. The van der Waals surface area contributed by atoms with Crippen LogP contribution < -0.4 is 4.74 Å². The number of ether oxygens (including phenoxy) is 2. The van der Waals surface area contributed by atoms with Crippen molar-refractivity contribution in [2.24, 2.45) is 10.9 Å². The molecule has 3 aromatic carbocycles. The van der Waals surface area contributed by atoms with Gasteiger partial charge in [-0.05, 0) is 90.6 Å². The highest BCUT2D eigenvalue weighted by molar-refractivity contribution is 6.08. The van der Waals surface area contributed by atoms with Crippen molar-refractivity contribution in [3.05, 3.63) is 114 Å². The van der Waals surface area contributed by atoms with Crippen LogP contribution in [0.3, 0.4) is 0 Å². The van der Waals surface area contributed by atoms with Crippen molar-refractivity contribution >= 4 is 27.8 Å². The van der Waals surface area contributed by atoms with E-state index < -0.39 is 0 Å². The van der Waals surface area contributed by atoms with Crippen LogP contribution in [0.15, 0.2) is 102 Å². The Morgan fingerprint density at radius 2 is 1.62 bits per heavy atom. The predicted octanol–water partition coefficient (Wildman–Crippen LogP) is 9.44. The molecular formula is C39H38N4O2. The number of aromatic nitrogens is 3. The normalized spacial score (nSPS) is 15.1. The molecule has 0 bridgehead atoms. The Balaban J connectivity index is 1.38. The van der Waals surface area contributed by atoms with E-state index in [4.69, 9.17) is 19.5 Å². The van der Waals surface area contributed by atoms with E-state index in [1.807, 2.05) is 42.6 Å². The van der Waals surface area contributed by atoms with Gasteiger partial charge in [0.25, 0.3) is 0 Å². The number of benzene rings is 3. The molecule has 6 nitrogen and oxygen atoms in total. The van der Waals surface area contributed by atoms with Crippen molar-refractivity contribution in [3.63, 3.8) is 0 Å². The number of pyridine rings is 2. The number of hydrogen-bond donors (Lipinski definition) is 0. The average Bonchev–Trinajstić information content (AvgIpc) is 3.65. The zero-order valence-electron chi connectivity index (χ0n) is 26.7. The first kappa shape index (κ1) is 28.8. The first-order valence-electron chi connectivity index (χ1n) is 15.6. The summed E-state index contributed by atoms with van der Waals surface area (Å²) in [6, 6.07) is 29.4. The lowest BCUT2D eigenvalue weighted by molar-refractivity contribution is 0.292. The molecule has 1 atom stereocenters. The Bertz CT molecular complexity index is 2070. The maximum absolute atomic E-state index is 6.76. The zero-order chi connectivity index (χ0) is 31.3. The lowest BCUT2D eigenvalue weighted by atomic mass is 9.86. The summed E-state index contributed by atoms with van der Waals surface area (Å²) in [5, 5.41) is 2.32. The zero-order valence-corrected chi connectivity index (χ0v) is 26.7. The number of rotatable bonds is 6. The first-order valence-corrected chi connectivity index (χ1v) is 15.6. The third-order valence-electron chi connectivity index (χ3n) is 8.49. The Labute approximate surface area is 264 Å². The van der Waals surface area contributed by atoms with Crippen LogP contribution in [0.25, 0.3) is 38.9 Å². The van der Waals surface area contributed by atoms with Crippen LogP contribution in [0.2, 0.25) is 0 Å². The van der Waals surface area contributed by atoms with E-state index in [9.17, 15) is 0 Å². The van der Waals surface area contributed by atoms with Gasteiger partial charge >= 0.3 is 0 Å². The molecule has 0 radical (unpaired) electrons. The summed E-state index contributed by atoms with van der Waals surface area (Å²) in [5.41, 5.74) is 7.99. The van der Waals surface area contributed by atoms with E-state index in [-0.39, 0.29) is 11.5 Å². The summed E-state index contributed by atoms with van der Waals surface area (Å²) in [6.07, 6.45) is 3.67. The molecule has 0 amide bonds. The highest BCUT2D eigenvalue weighted by Gasteiger charge is 2.24. The molecule has 0 saturated heterocycles. The van der Waals surface area contributed by atoms with E-state index >= 15 is 0 Å². The quantitative estimate of drug-likeness (QED) is 0.193. The van der Waals surface area contributed by atoms with Crippen LogP contribution in [0, 0.1) is 12.8 Å². The Hall–Kier alpha value is -4.97. The van der Waals surface area contributed by atoms with E-state index in [0.29, 0.717) is 24.2 Å². The fraction of sp³-hybridized carbons (Fsp3) is 0.256. The molecule has 7 rings (SSSR count). The molecule has 0 fully saturated rings. The highest BCUT2D eigenvalue weighted by Crippen LogP contribution is 2.37. The van der Waals surface area contributed by atoms with Crippen molar-refractivity contribution < 1.29 is 9.47 Å². The van der Waals surface area contributed by atoms with Gasteiger partial charge in [-0.15, -0.1) is 0 Å². The van der Waals surface area contributed by atoms with Gasteiger partial charge < -0.3 is 9.47 Å². The minimum Gasteiger partial charge on any atom is -0.475 e. The highest BCUT2D eigenvalue weighted by atomic mass is 16.5. The Morgan fingerprint density at radius 3 is 2.38 bits per heavy atom. The summed E-state index contributed by atoms with van der Waals surface area (Å²) in [4.78, 5) is 14.4. The molecule has 0 N–H and O–H groups in total. The summed E-state index contributed by atoms with van der Waals surface area (Å²) in [7, 11) is 0. The second kappa shape index (κ2) is 11.2. The number of nitrogens with zero attached hydrogens (tertiary/aromatic N) is 4. The number of hydrogen-bond acceptors (Lipinski definition) is 5. The lowest BCUT2D eigenvalue weighted by Crippen LogP contribution is -2.13. The molecule has 226 valence electrons. The fourth-order valence-electron chi connectivity index (χ4n) is 5.91. The van der Waals surface area contributed by atoms with E-state index in [0.717, 1.165) is 50.4 Å². The molecule has 0 aliphatic carbocycles. The van der Waals surface area contributed by atoms with Gasteiger partial charge in [0, 0.05) is 40.4 Å². The minimum atomic E-state index is -0.115. The lowest BCUT2D eigenvalue weighted by Gasteiger charge is -2.22. The maximum Gasteiger partial charge on any atom is 0.216 e. The van der Waals surface area contributed by atoms with Crippen molar-refractivity contribution in [2.75, 3.05) is 6.61 Å². The Kier molecular flexibility index (Phi) is 7.16. The maximum atomic E-state index is 6.76. The summed E-state index contributed by atoms with van der Waals surface area (Å²) < 4.78 is 15.1. The van der Waals surface area contributed by atoms with Crippen LogP contribution in [0.1, 0.15) is 51.3 Å². The van der Waals surface area contributed by atoms with Gasteiger partial charge in [-0.3, -0.25) is 9.55 Å². The molecular weight excluding hydrogens is 556 g/mol. The van der Waals surface area contributed by atoms with E-state index in [2.05, 4.69) is 99.6 Å². The van der Waals surface area contributed by atoms with Gasteiger partial charge in [0.05, 0.1) is 22.9 Å². The van der Waals surface area contributed by atoms with Crippen molar-refractivity contribution in [2.45, 2.75) is 53.0 Å². The van der Waals surface area contributed by atoms with E-state index in [1.165, 1.54) is 10.9 Å². The van der Waals surface area contributed by atoms with Crippen molar-refractivity contribution in [3.8, 4) is 28.4 Å². The van der Waals surface area contributed by atoms with Crippen LogP contribution in [-0.2, 0) is 10.2 Å². The topological polar surface area (TPSA) is 61.5 Å². The molecule has 4 heterocycles. The third-order valence-corrected chi connectivity index (χ3v) is 8.49. The molecule has 1 aliphatic rings. The van der Waals surface area contributed by atoms with Gasteiger partial charge in [0.15, 0.2) is 0 Å². The fourth-order valence-corrected chi connectivity index (χ4v) is 5.91. The van der Waals surface area contributed by atoms with Gasteiger partial charge in [-0.25, -0.2) is 9.98 Å². The monoisotopic (exact) mass is 594 g/mol. The van der Waals surface area contributed by atoms with Crippen LogP contribution in [0.4, 0.5) is 0 Å². The minimum absolute atomic E-state index is 0.115. The molecule has 3 aromatic heterocycles. The molecule has 0 unspecified atom stereocenters. The van der Waals surface area contributed by atoms with Crippen molar-refractivity contribution in [1.82, 2.24) is 14.5 Å². The van der Waals surface area contributed by atoms with Crippen LogP contribution in [-0.4, -0.2) is 33.1 Å². The standard InChI is InChI=1S/C39H38N4O2/c1-24(2)35-23-44-38(42-35)27-17-26(34-11-7-8-14-40-34)18-30(19-27)45-31-21-28(39(4,5)6)20-29(22-31)43-36-13-12-25(3)16-33(36)32-10-9-15-41-37(32)43/h7-22,24,35H,23H2,1-6H3/t35-/m0/s1. The molecule has 0 spiro atoms. The number of aryl methyl sites for hydroxylation is 1. The second-order valence-corrected chi connectivity index (χ2v) is 13.3. The average molecular weight is 595 g/mol.